The first-order valence-corrected chi connectivity index (χ1v) is 6.91. The predicted molar refractivity (Wildman–Crippen MR) is 81.4 cm³/mol. The molecule has 1 aromatic heterocycles. The van der Waals surface area contributed by atoms with Gasteiger partial charge in [0.15, 0.2) is 0 Å². The first-order chi connectivity index (χ1) is 8.95. The third kappa shape index (κ3) is 2.47. The number of nitrogens with zero attached hydrogens (tertiary/aromatic N) is 2. The van der Waals surface area contributed by atoms with Crippen LogP contribution in [0.5, 0.6) is 5.75 Å². The van der Waals surface area contributed by atoms with E-state index in [-0.39, 0.29) is 0 Å². The van der Waals surface area contributed by atoms with E-state index in [1.165, 1.54) is 5.56 Å². The number of rotatable bonds is 3. The van der Waals surface area contributed by atoms with Crippen molar-refractivity contribution in [3.8, 4) is 17.0 Å². The quantitative estimate of drug-likeness (QED) is 0.939. The van der Waals surface area contributed by atoms with E-state index in [1.54, 1.807) is 7.11 Å². The number of imidazole rings is 1. The highest BCUT2D eigenvalue weighted by molar-refractivity contribution is 9.10. The summed E-state index contributed by atoms with van der Waals surface area (Å²) in [5, 5.41) is 0. The van der Waals surface area contributed by atoms with E-state index in [0.29, 0.717) is 11.9 Å². The van der Waals surface area contributed by atoms with E-state index < -0.39 is 0 Å². The topological polar surface area (TPSA) is 53.1 Å². The van der Waals surface area contributed by atoms with Crippen molar-refractivity contribution in [2.75, 3.05) is 12.8 Å². The van der Waals surface area contributed by atoms with Crippen molar-refractivity contribution in [1.82, 2.24) is 9.55 Å². The average Bonchev–Trinajstić information content (AvgIpc) is 2.62. The molecular weight excluding hydrogens is 306 g/mol. The van der Waals surface area contributed by atoms with Gasteiger partial charge in [0.2, 0.25) is 5.95 Å². The standard InChI is InChI=1S/C14H18BrN3O/c1-8(2)9-5-6-11(19-4)10(7-9)12-13(15)17-14(16)18(12)3/h5-8H,1-4H3,(H2,16,17). The highest BCUT2D eigenvalue weighted by Gasteiger charge is 2.17. The third-order valence-electron chi connectivity index (χ3n) is 3.23. The Morgan fingerprint density at radius 2 is 2.05 bits per heavy atom. The minimum Gasteiger partial charge on any atom is -0.496 e. The molecule has 2 N–H and O–H groups in total. The van der Waals surface area contributed by atoms with Crippen LogP contribution in [0.25, 0.3) is 11.3 Å². The second-order valence-electron chi connectivity index (χ2n) is 4.78. The molecule has 5 heteroatoms. The normalized spacial score (nSPS) is 11.1. The summed E-state index contributed by atoms with van der Waals surface area (Å²) in [6.45, 7) is 4.33. The lowest BCUT2D eigenvalue weighted by Crippen LogP contribution is -2.00. The molecule has 0 saturated carbocycles. The summed E-state index contributed by atoms with van der Waals surface area (Å²) in [6.07, 6.45) is 0. The first kappa shape index (κ1) is 13.9. The number of benzene rings is 1. The van der Waals surface area contributed by atoms with Crippen molar-refractivity contribution in [3.05, 3.63) is 28.4 Å². The molecule has 19 heavy (non-hydrogen) atoms. The van der Waals surface area contributed by atoms with E-state index in [1.807, 2.05) is 17.7 Å². The van der Waals surface area contributed by atoms with Crippen molar-refractivity contribution in [2.45, 2.75) is 19.8 Å². The van der Waals surface area contributed by atoms with Gasteiger partial charge in [0.1, 0.15) is 10.4 Å². The molecular formula is C14H18BrN3O. The van der Waals surface area contributed by atoms with Crippen LogP contribution in [-0.2, 0) is 7.05 Å². The molecule has 0 aliphatic heterocycles. The number of aromatic nitrogens is 2. The van der Waals surface area contributed by atoms with E-state index >= 15 is 0 Å². The summed E-state index contributed by atoms with van der Waals surface area (Å²) in [5.41, 5.74) is 9.02. The highest BCUT2D eigenvalue weighted by Crippen LogP contribution is 2.37. The smallest absolute Gasteiger partial charge is 0.201 e. The highest BCUT2D eigenvalue weighted by atomic mass is 79.9. The van der Waals surface area contributed by atoms with Crippen molar-refractivity contribution in [1.29, 1.82) is 0 Å². The Hall–Kier alpha value is -1.49. The van der Waals surface area contributed by atoms with Crippen LogP contribution in [-0.4, -0.2) is 16.7 Å². The fraction of sp³-hybridized carbons (Fsp3) is 0.357. The molecule has 0 amide bonds. The van der Waals surface area contributed by atoms with E-state index in [9.17, 15) is 0 Å². The van der Waals surface area contributed by atoms with Gasteiger partial charge in [-0.25, -0.2) is 4.98 Å². The molecule has 2 rings (SSSR count). The van der Waals surface area contributed by atoms with Gasteiger partial charge >= 0.3 is 0 Å². The Kier molecular flexibility index (Phi) is 3.85. The number of hydrogen-bond acceptors (Lipinski definition) is 3. The van der Waals surface area contributed by atoms with E-state index in [4.69, 9.17) is 10.5 Å². The Morgan fingerprint density at radius 3 is 2.53 bits per heavy atom. The fourth-order valence-electron chi connectivity index (χ4n) is 2.04. The summed E-state index contributed by atoms with van der Waals surface area (Å²) in [5.74, 6) is 1.74. The van der Waals surface area contributed by atoms with Gasteiger partial charge in [0.25, 0.3) is 0 Å². The zero-order chi connectivity index (χ0) is 14.2. The maximum Gasteiger partial charge on any atom is 0.201 e. The van der Waals surface area contributed by atoms with Gasteiger partial charge in [-0.15, -0.1) is 0 Å². The van der Waals surface area contributed by atoms with Gasteiger partial charge < -0.3 is 15.0 Å². The third-order valence-corrected chi connectivity index (χ3v) is 3.79. The van der Waals surface area contributed by atoms with Crippen LogP contribution in [0.15, 0.2) is 22.8 Å². The molecule has 0 spiro atoms. The van der Waals surface area contributed by atoms with Crippen LogP contribution in [0.4, 0.5) is 5.95 Å². The molecule has 0 aliphatic carbocycles. The molecule has 4 nitrogen and oxygen atoms in total. The number of ether oxygens (including phenoxy) is 1. The first-order valence-electron chi connectivity index (χ1n) is 6.11. The number of hydrogen-bond donors (Lipinski definition) is 1. The minimum absolute atomic E-state index is 0.453. The summed E-state index contributed by atoms with van der Waals surface area (Å²) in [7, 11) is 3.56. The molecule has 2 aromatic rings. The molecule has 0 aliphatic rings. The number of nitrogen functional groups attached to an aromatic ring is 1. The van der Waals surface area contributed by atoms with Crippen LogP contribution in [0, 0.1) is 0 Å². The van der Waals surface area contributed by atoms with Gasteiger partial charge in [0.05, 0.1) is 12.8 Å². The average molecular weight is 324 g/mol. The molecule has 0 fully saturated rings. The second kappa shape index (κ2) is 5.25. The summed E-state index contributed by atoms with van der Waals surface area (Å²) in [4.78, 5) is 4.24. The van der Waals surface area contributed by atoms with E-state index in [2.05, 4.69) is 46.9 Å². The van der Waals surface area contributed by atoms with Crippen molar-refractivity contribution >= 4 is 21.9 Å². The molecule has 1 heterocycles. The van der Waals surface area contributed by atoms with Crippen LogP contribution in [0.2, 0.25) is 0 Å². The van der Waals surface area contributed by atoms with Gasteiger partial charge in [-0.3, -0.25) is 0 Å². The van der Waals surface area contributed by atoms with E-state index in [0.717, 1.165) is 21.6 Å². The van der Waals surface area contributed by atoms with Crippen LogP contribution in [0.3, 0.4) is 0 Å². The van der Waals surface area contributed by atoms with Crippen molar-refractivity contribution in [3.63, 3.8) is 0 Å². The van der Waals surface area contributed by atoms with Crippen LogP contribution < -0.4 is 10.5 Å². The van der Waals surface area contributed by atoms with Crippen molar-refractivity contribution < 1.29 is 4.74 Å². The molecule has 0 saturated heterocycles. The lowest BCUT2D eigenvalue weighted by molar-refractivity contribution is 0.416. The Labute approximate surface area is 121 Å². The minimum atomic E-state index is 0.453. The fourth-order valence-corrected chi connectivity index (χ4v) is 2.70. The van der Waals surface area contributed by atoms with Crippen molar-refractivity contribution in [2.24, 2.45) is 7.05 Å². The zero-order valence-electron chi connectivity index (χ0n) is 11.6. The summed E-state index contributed by atoms with van der Waals surface area (Å²) in [6, 6.07) is 6.20. The molecule has 0 bridgehead atoms. The number of nitrogens with two attached hydrogens (primary N) is 1. The number of anilines is 1. The Morgan fingerprint density at radius 1 is 1.37 bits per heavy atom. The molecule has 0 radical (unpaired) electrons. The van der Waals surface area contributed by atoms with Gasteiger partial charge in [-0.2, -0.15) is 0 Å². The van der Waals surface area contributed by atoms with Gasteiger partial charge in [-0.05, 0) is 39.5 Å². The van der Waals surface area contributed by atoms with Crippen LogP contribution in [0.1, 0.15) is 25.3 Å². The maximum absolute atomic E-state index is 5.85. The number of methoxy groups -OCH3 is 1. The molecule has 0 unspecified atom stereocenters. The molecule has 102 valence electrons. The molecule has 0 atom stereocenters. The zero-order valence-corrected chi connectivity index (χ0v) is 13.2. The summed E-state index contributed by atoms with van der Waals surface area (Å²) >= 11 is 3.46. The predicted octanol–water partition coefficient (Wildman–Crippen LogP) is 3.56. The lowest BCUT2D eigenvalue weighted by atomic mass is 9.99. The largest absolute Gasteiger partial charge is 0.496 e. The molecule has 1 aromatic carbocycles. The van der Waals surface area contributed by atoms with Gasteiger partial charge in [0, 0.05) is 12.6 Å². The Bertz CT molecular complexity index is 605. The lowest BCUT2D eigenvalue weighted by Gasteiger charge is -2.13. The van der Waals surface area contributed by atoms with Crippen LogP contribution >= 0.6 is 15.9 Å². The number of halogens is 1. The monoisotopic (exact) mass is 323 g/mol. The van der Waals surface area contributed by atoms with Gasteiger partial charge in [-0.1, -0.05) is 19.9 Å². The SMILES string of the molecule is COc1ccc(C(C)C)cc1-c1c(Br)nc(N)n1C. The Balaban J connectivity index is 2.68. The maximum atomic E-state index is 5.85. The second-order valence-corrected chi connectivity index (χ2v) is 5.53. The summed E-state index contributed by atoms with van der Waals surface area (Å²) < 4.78 is 8.03.